The molecule has 128 valence electrons. The van der Waals surface area contributed by atoms with Gasteiger partial charge in [0.25, 0.3) is 0 Å². The zero-order chi connectivity index (χ0) is 16.2. The van der Waals surface area contributed by atoms with Gasteiger partial charge in [0.05, 0.1) is 12.2 Å². The minimum Gasteiger partial charge on any atom is -0.354 e. The molecule has 4 heteroatoms. The van der Waals surface area contributed by atoms with E-state index in [1.807, 2.05) is 0 Å². The van der Waals surface area contributed by atoms with Crippen molar-refractivity contribution in [1.82, 2.24) is 15.1 Å². The summed E-state index contributed by atoms with van der Waals surface area (Å²) in [5.41, 5.74) is 2.69. The Balaban J connectivity index is 1.52. The molecule has 0 atom stereocenters. The first-order valence-corrected chi connectivity index (χ1v) is 9.58. The van der Waals surface area contributed by atoms with Gasteiger partial charge in [0.15, 0.2) is 0 Å². The molecule has 2 aliphatic carbocycles. The fraction of sp³-hybridized carbons (Fsp3) is 0.789. The van der Waals surface area contributed by atoms with E-state index >= 15 is 0 Å². The van der Waals surface area contributed by atoms with Gasteiger partial charge >= 0.3 is 0 Å². The Kier molecular flexibility index (Phi) is 5.39. The molecule has 1 aromatic rings. The highest BCUT2D eigenvalue weighted by atomic mass is 16.1. The highest BCUT2D eigenvalue weighted by Gasteiger charge is 2.32. The van der Waals surface area contributed by atoms with Crippen molar-refractivity contribution in [2.75, 3.05) is 6.54 Å². The predicted octanol–water partition coefficient (Wildman–Crippen LogP) is 3.97. The summed E-state index contributed by atoms with van der Waals surface area (Å²) in [5, 5.41) is 7.95. The smallest absolute Gasteiger partial charge is 0.223 e. The lowest BCUT2D eigenvalue weighted by Gasteiger charge is -2.15. The predicted molar refractivity (Wildman–Crippen MR) is 92.5 cm³/mol. The molecule has 2 aliphatic rings. The van der Waals surface area contributed by atoms with Crippen LogP contribution in [0.4, 0.5) is 0 Å². The van der Waals surface area contributed by atoms with E-state index < -0.39 is 0 Å². The van der Waals surface area contributed by atoms with Crippen molar-refractivity contribution >= 4 is 5.91 Å². The van der Waals surface area contributed by atoms with Crippen molar-refractivity contribution in [3.8, 4) is 0 Å². The minimum absolute atomic E-state index is 0.188. The molecule has 0 unspecified atom stereocenters. The average molecular weight is 317 g/mol. The van der Waals surface area contributed by atoms with Crippen LogP contribution in [-0.4, -0.2) is 22.2 Å². The van der Waals surface area contributed by atoms with E-state index in [2.05, 4.69) is 29.9 Å². The van der Waals surface area contributed by atoms with Crippen molar-refractivity contribution in [2.24, 2.45) is 5.92 Å². The van der Waals surface area contributed by atoms with E-state index in [9.17, 15) is 4.79 Å². The number of carbonyl (C=O) groups is 1. The van der Waals surface area contributed by atoms with E-state index in [0.29, 0.717) is 12.5 Å². The van der Waals surface area contributed by atoms with Crippen LogP contribution in [-0.2, 0) is 11.3 Å². The van der Waals surface area contributed by atoms with Crippen LogP contribution in [0.5, 0.6) is 0 Å². The number of hydrogen-bond donors (Lipinski definition) is 1. The van der Waals surface area contributed by atoms with Crippen molar-refractivity contribution in [3.63, 3.8) is 0 Å². The van der Waals surface area contributed by atoms with Crippen LogP contribution < -0.4 is 5.32 Å². The molecule has 0 bridgehead atoms. The molecular weight excluding hydrogens is 286 g/mol. The molecule has 4 nitrogen and oxygen atoms in total. The standard InChI is InChI=1S/C19H31N3O/c1-3-5-16(6-4-2)19(23)20-11-12-22-18(15-9-10-15)13-17(21-22)14-7-8-14/h13-16H,3-12H2,1-2H3,(H,20,23). The van der Waals surface area contributed by atoms with Gasteiger partial charge in [0.1, 0.15) is 0 Å². The van der Waals surface area contributed by atoms with Gasteiger partial charge in [0, 0.05) is 30.0 Å². The van der Waals surface area contributed by atoms with Gasteiger partial charge < -0.3 is 5.32 Å². The number of carbonyl (C=O) groups excluding carboxylic acids is 1. The molecule has 2 saturated carbocycles. The normalized spacial score (nSPS) is 17.7. The number of hydrogen-bond acceptors (Lipinski definition) is 2. The third kappa shape index (κ3) is 4.36. The maximum atomic E-state index is 12.3. The van der Waals surface area contributed by atoms with E-state index in [0.717, 1.165) is 38.1 Å². The van der Waals surface area contributed by atoms with Gasteiger partial charge in [-0.15, -0.1) is 0 Å². The van der Waals surface area contributed by atoms with Crippen molar-refractivity contribution in [2.45, 2.75) is 83.6 Å². The molecule has 0 saturated heterocycles. The molecule has 0 radical (unpaired) electrons. The number of nitrogens with zero attached hydrogens (tertiary/aromatic N) is 2. The highest BCUT2D eigenvalue weighted by molar-refractivity contribution is 5.78. The Labute approximate surface area is 140 Å². The summed E-state index contributed by atoms with van der Waals surface area (Å²) < 4.78 is 2.17. The van der Waals surface area contributed by atoms with E-state index in [-0.39, 0.29) is 11.8 Å². The third-order valence-corrected chi connectivity index (χ3v) is 5.09. The second-order valence-corrected chi connectivity index (χ2v) is 7.33. The van der Waals surface area contributed by atoms with Crippen molar-refractivity contribution in [1.29, 1.82) is 0 Å². The molecule has 0 aliphatic heterocycles. The molecular formula is C19H31N3O. The van der Waals surface area contributed by atoms with E-state index in [1.165, 1.54) is 37.1 Å². The second-order valence-electron chi connectivity index (χ2n) is 7.33. The molecule has 1 aromatic heterocycles. The average Bonchev–Trinajstić information content (AvgIpc) is 3.45. The van der Waals surface area contributed by atoms with E-state index in [4.69, 9.17) is 5.10 Å². The Bertz CT molecular complexity index is 523. The summed E-state index contributed by atoms with van der Waals surface area (Å²) in [7, 11) is 0. The summed E-state index contributed by atoms with van der Waals surface area (Å²) in [6.45, 7) is 5.82. The maximum Gasteiger partial charge on any atom is 0.223 e. The molecule has 23 heavy (non-hydrogen) atoms. The van der Waals surface area contributed by atoms with Crippen LogP contribution in [0.1, 0.15) is 88.4 Å². The van der Waals surface area contributed by atoms with Gasteiger partial charge in [-0.1, -0.05) is 26.7 Å². The van der Waals surface area contributed by atoms with Crippen molar-refractivity contribution < 1.29 is 4.79 Å². The fourth-order valence-corrected chi connectivity index (χ4v) is 3.45. The molecule has 1 amide bonds. The first kappa shape index (κ1) is 16.5. The van der Waals surface area contributed by atoms with Crippen LogP contribution in [0.3, 0.4) is 0 Å². The van der Waals surface area contributed by atoms with Crippen LogP contribution in [0, 0.1) is 5.92 Å². The van der Waals surface area contributed by atoms with E-state index in [1.54, 1.807) is 0 Å². The number of aromatic nitrogens is 2. The lowest BCUT2D eigenvalue weighted by atomic mass is 9.97. The van der Waals surface area contributed by atoms with Gasteiger partial charge in [0.2, 0.25) is 5.91 Å². The molecule has 2 fully saturated rings. The first-order valence-electron chi connectivity index (χ1n) is 9.58. The van der Waals surface area contributed by atoms with Crippen LogP contribution in [0.2, 0.25) is 0 Å². The second kappa shape index (κ2) is 7.50. The topological polar surface area (TPSA) is 46.9 Å². The Morgan fingerprint density at radius 2 is 1.87 bits per heavy atom. The highest BCUT2D eigenvalue weighted by Crippen LogP contribution is 2.44. The largest absolute Gasteiger partial charge is 0.354 e. The number of amides is 1. The van der Waals surface area contributed by atoms with Gasteiger partial charge in [-0.05, 0) is 44.6 Å². The SMILES string of the molecule is CCCC(CCC)C(=O)NCCn1nc(C2CC2)cc1C1CC1. The Hall–Kier alpha value is -1.32. The lowest BCUT2D eigenvalue weighted by molar-refractivity contribution is -0.125. The third-order valence-electron chi connectivity index (χ3n) is 5.09. The molecule has 3 rings (SSSR count). The fourth-order valence-electron chi connectivity index (χ4n) is 3.45. The summed E-state index contributed by atoms with van der Waals surface area (Å²) >= 11 is 0. The minimum atomic E-state index is 0.188. The number of rotatable bonds is 10. The first-order chi connectivity index (χ1) is 11.2. The zero-order valence-corrected chi connectivity index (χ0v) is 14.7. The maximum absolute atomic E-state index is 12.3. The molecule has 1 heterocycles. The van der Waals surface area contributed by atoms with Crippen molar-refractivity contribution in [3.05, 3.63) is 17.5 Å². The molecule has 0 aromatic carbocycles. The monoisotopic (exact) mass is 317 g/mol. The van der Waals surface area contributed by atoms with Gasteiger partial charge in [-0.2, -0.15) is 5.10 Å². The summed E-state index contributed by atoms with van der Waals surface area (Å²) in [6, 6.07) is 2.33. The summed E-state index contributed by atoms with van der Waals surface area (Å²) in [6.07, 6.45) is 9.36. The summed E-state index contributed by atoms with van der Waals surface area (Å²) in [5.74, 6) is 1.85. The van der Waals surface area contributed by atoms with Crippen LogP contribution in [0.25, 0.3) is 0 Å². The summed E-state index contributed by atoms with van der Waals surface area (Å²) in [4.78, 5) is 12.3. The van der Waals surface area contributed by atoms with Crippen LogP contribution >= 0.6 is 0 Å². The van der Waals surface area contributed by atoms with Gasteiger partial charge in [-0.3, -0.25) is 9.48 Å². The lowest BCUT2D eigenvalue weighted by Crippen LogP contribution is -2.33. The van der Waals surface area contributed by atoms with Crippen LogP contribution in [0.15, 0.2) is 6.07 Å². The van der Waals surface area contributed by atoms with Gasteiger partial charge in [-0.25, -0.2) is 0 Å². The number of nitrogens with one attached hydrogen (secondary N) is 1. The molecule has 1 N–H and O–H groups in total. The Morgan fingerprint density at radius 1 is 1.22 bits per heavy atom. The quantitative estimate of drug-likeness (QED) is 0.710. The zero-order valence-electron chi connectivity index (χ0n) is 14.7. The molecule has 0 spiro atoms. The Morgan fingerprint density at radius 3 is 2.43 bits per heavy atom.